The van der Waals surface area contributed by atoms with Gasteiger partial charge in [0.15, 0.2) is 11.6 Å². The Bertz CT molecular complexity index is 2030. The van der Waals surface area contributed by atoms with Gasteiger partial charge in [-0.25, -0.2) is 27.3 Å². The minimum Gasteiger partial charge on any atom is -0.497 e. The first-order chi connectivity index (χ1) is 22.2. The van der Waals surface area contributed by atoms with Gasteiger partial charge >= 0.3 is 11.4 Å². The molecule has 13 heteroatoms. The van der Waals surface area contributed by atoms with Crippen molar-refractivity contribution in [2.24, 2.45) is 0 Å². The van der Waals surface area contributed by atoms with E-state index < -0.39 is 35.4 Å². The van der Waals surface area contributed by atoms with Gasteiger partial charge in [0, 0.05) is 40.7 Å². The summed E-state index contributed by atoms with van der Waals surface area (Å²) in [4.78, 5) is 36.3. The summed E-state index contributed by atoms with van der Waals surface area (Å²) in [5, 5.41) is 4.35. The molecule has 0 saturated carbocycles. The van der Waals surface area contributed by atoms with Crippen LogP contribution in [-0.2, 0) is 13.0 Å². The zero-order valence-electron chi connectivity index (χ0n) is 25.4. The van der Waals surface area contributed by atoms with Crippen molar-refractivity contribution in [2.75, 3.05) is 19.0 Å². The van der Waals surface area contributed by atoms with Gasteiger partial charge in [-0.15, -0.1) is 0 Å². The lowest BCUT2D eigenvalue weighted by Crippen LogP contribution is -2.42. The van der Waals surface area contributed by atoms with Gasteiger partial charge in [0.05, 0.1) is 37.2 Å². The molecular formula is C33H31ClF3N5O4. The van der Waals surface area contributed by atoms with Gasteiger partial charge in [-0.05, 0) is 37.3 Å². The molecule has 5 aromatic rings. The molecule has 3 aromatic carbocycles. The first-order valence-electron chi connectivity index (χ1n) is 14.8. The van der Waals surface area contributed by atoms with E-state index in [1.165, 1.54) is 19.4 Å². The molecule has 2 aliphatic heterocycles. The van der Waals surface area contributed by atoms with Crippen LogP contribution in [0.1, 0.15) is 44.2 Å². The Morgan fingerprint density at radius 1 is 1.00 bits per heavy atom. The summed E-state index contributed by atoms with van der Waals surface area (Å²) in [5.41, 5.74) is -1.00. The maximum Gasteiger partial charge on any atom is 0.359 e. The van der Waals surface area contributed by atoms with Gasteiger partial charge in [0.1, 0.15) is 23.0 Å². The highest BCUT2D eigenvalue weighted by Gasteiger charge is 2.23. The SMILES string of the molecule is CC.COc1cc(Cl)c2c(c1)OCCCCCc1cccc3cncc(c13)-n1c(=O)nc(n(Cc3cc(F)c(F)cc3F)c1=O)N2. The minimum absolute atomic E-state index is 0.118. The molecule has 0 saturated heterocycles. The van der Waals surface area contributed by atoms with E-state index in [9.17, 15) is 22.8 Å². The van der Waals surface area contributed by atoms with Gasteiger partial charge in [-0.2, -0.15) is 4.98 Å². The van der Waals surface area contributed by atoms with Crippen molar-refractivity contribution in [3.8, 4) is 17.2 Å². The van der Waals surface area contributed by atoms with Crippen molar-refractivity contribution in [1.82, 2.24) is 19.1 Å². The van der Waals surface area contributed by atoms with E-state index in [1.807, 2.05) is 32.0 Å². The molecule has 0 radical (unpaired) electrons. The summed E-state index contributed by atoms with van der Waals surface area (Å²) in [6, 6.07) is 9.72. The van der Waals surface area contributed by atoms with Crippen LogP contribution in [0.25, 0.3) is 16.5 Å². The third-order valence-electron chi connectivity index (χ3n) is 7.43. The van der Waals surface area contributed by atoms with Crippen LogP contribution < -0.4 is 26.2 Å². The summed E-state index contributed by atoms with van der Waals surface area (Å²) in [6.07, 6.45) is 6.01. The maximum absolute atomic E-state index is 14.9. The summed E-state index contributed by atoms with van der Waals surface area (Å²) < 4.78 is 56.0. The highest BCUT2D eigenvalue weighted by Crippen LogP contribution is 2.39. The Kier molecular flexibility index (Phi) is 9.96. The molecular weight excluding hydrogens is 623 g/mol. The number of ether oxygens (including phenoxy) is 2. The number of nitrogens with one attached hydrogen (secondary N) is 1. The molecule has 240 valence electrons. The number of nitrogens with zero attached hydrogens (tertiary/aromatic N) is 4. The molecule has 0 unspecified atom stereocenters. The number of benzene rings is 3. The van der Waals surface area contributed by atoms with Crippen LogP contribution in [0.5, 0.6) is 11.5 Å². The van der Waals surface area contributed by atoms with E-state index in [4.69, 9.17) is 21.1 Å². The Morgan fingerprint density at radius 3 is 2.57 bits per heavy atom. The Morgan fingerprint density at radius 2 is 1.78 bits per heavy atom. The molecule has 2 aliphatic rings. The highest BCUT2D eigenvalue weighted by atomic mass is 35.5. The number of aromatic nitrogens is 4. The predicted molar refractivity (Wildman–Crippen MR) is 170 cm³/mol. The predicted octanol–water partition coefficient (Wildman–Crippen LogP) is 6.95. The van der Waals surface area contributed by atoms with E-state index in [0.717, 1.165) is 34.0 Å². The number of halogens is 4. The number of rotatable bonds is 3. The van der Waals surface area contributed by atoms with E-state index in [1.54, 1.807) is 12.3 Å². The molecule has 0 spiro atoms. The monoisotopic (exact) mass is 653 g/mol. The van der Waals surface area contributed by atoms with E-state index in [-0.39, 0.29) is 33.7 Å². The summed E-state index contributed by atoms with van der Waals surface area (Å²) in [5.74, 6) is -3.48. The van der Waals surface area contributed by atoms with Gasteiger partial charge in [-0.3, -0.25) is 9.55 Å². The number of anilines is 2. The molecule has 46 heavy (non-hydrogen) atoms. The standard InChI is InChI=1S/C31H25ClF3N5O4.C2H6/c1-43-20-11-21(32)28-26(12-20)44-9-4-2-3-6-17-7-5-8-18-14-36-15-25(27(17)18)40-30(41)38-29(37-28)39(31(40)42)16-19-10-23(34)24(35)13-22(19)33;1-2/h5,7-8,10-15H,2-4,6,9,16H2,1H3,(H,37,38,41);1-2H3. The second kappa shape index (κ2) is 14.1. The van der Waals surface area contributed by atoms with E-state index in [0.29, 0.717) is 41.7 Å². The summed E-state index contributed by atoms with van der Waals surface area (Å²) >= 11 is 6.58. The summed E-state index contributed by atoms with van der Waals surface area (Å²) in [6.45, 7) is 3.71. The highest BCUT2D eigenvalue weighted by molar-refractivity contribution is 6.33. The fourth-order valence-corrected chi connectivity index (χ4v) is 5.51. The molecule has 4 heterocycles. The zero-order valence-corrected chi connectivity index (χ0v) is 26.1. The lowest BCUT2D eigenvalue weighted by atomic mass is 9.99. The maximum atomic E-state index is 14.9. The van der Waals surface area contributed by atoms with Crippen molar-refractivity contribution in [3.05, 3.63) is 109 Å². The average Bonchev–Trinajstić information content (AvgIpc) is 3.04. The van der Waals surface area contributed by atoms with Crippen LogP contribution >= 0.6 is 11.6 Å². The van der Waals surface area contributed by atoms with Crippen molar-refractivity contribution >= 4 is 34.0 Å². The number of hydrogen-bond acceptors (Lipinski definition) is 7. The minimum atomic E-state index is -1.39. The third kappa shape index (κ3) is 6.43. The molecule has 2 aromatic heterocycles. The Hall–Kier alpha value is -4.84. The fraction of sp³-hybridized carbons (Fsp3) is 0.273. The fourth-order valence-electron chi connectivity index (χ4n) is 5.26. The molecule has 2 bridgehead atoms. The number of aryl methyl sites for hydroxylation is 1. The zero-order chi connectivity index (χ0) is 33.0. The smallest absolute Gasteiger partial charge is 0.359 e. The quantitative estimate of drug-likeness (QED) is 0.211. The lowest BCUT2D eigenvalue weighted by Gasteiger charge is -2.20. The number of methoxy groups -OCH3 is 1. The van der Waals surface area contributed by atoms with Crippen molar-refractivity contribution in [2.45, 2.75) is 46.1 Å². The molecule has 0 atom stereocenters. The topological polar surface area (TPSA) is 100 Å². The van der Waals surface area contributed by atoms with Crippen molar-refractivity contribution < 1.29 is 22.6 Å². The van der Waals surface area contributed by atoms with Crippen LogP contribution in [0, 0.1) is 17.5 Å². The van der Waals surface area contributed by atoms with Gasteiger partial charge in [0.2, 0.25) is 5.95 Å². The first-order valence-corrected chi connectivity index (χ1v) is 15.1. The van der Waals surface area contributed by atoms with Crippen LogP contribution in [0.3, 0.4) is 0 Å². The molecule has 0 amide bonds. The van der Waals surface area contributed by atoms with Crippen molar-refractivity contribution in [1.29, 1.82) is 0 Å². The Labute approximate surface area is 267 Å². The van der Waals surface area contributed by atoms with Crippen LogP contribution in [-0.4, -0.2) is 32.8 Å². The first kappa shape index (κ1) is 32.6. The molecule has 0 aliphatic carbocycles. The lowest BCUT2D eigenvalue weighted by molar-refractivity contribution is 0.304. The molecule has 1 N–H and O–H groups in total. The second-order valence-electron chi connectivity index (χ2n) is 10.2. The van der Waals surface area contributed by atoms with Gasteiger partial charge in [0.25, 0.3) is 0 Å². The molecule has 0 fully saturated rings. The van der Waals surface area contributed by atoms with E-state index >= 15 is 0 Å². The number of fused-ring (bicyclic) bond motifs is 7. The van der Waals surface area contributed by atoms with Crippen LogP contribution in [0.2, 0.25) is 5.02 Å². The summed E-state index contributed by atoms with van der Waals surface area (Å²) in [7, 11) is 1.46. The van der Waals surface area contributed by atoms with Gasteiger partial charge in [-0.1, -0.05) is 43.6 Å². The van der Waals surface area contributed by atoms with Crippen LogP contribution in [0.4, 0.5) is 24.8 Å². The average molecular weight is 654 g/mol. The number of hydrogen-bond donors (Lipinski definition) is 1. The normalized spacial score (nSPS) is 12.8. The van der Waals surface area contributed by atoms with Gasteiger partial charge < -0.3 is 14.8 Å². The van der Waals surface area contributed by atoms with Crippen LogP contribution in [0.15, 0.2) is 64.4 Å². The Balaban J connectivity index is 0.00000204. The van der Waals surface area contributed by atoms with Crippen molar-refractivity contribution in [3.63, 3.8) is 0 Å². The largest absolute Gasteiger partial charge is 0.497 e. The number of pyridine rings is 1. The third-order valence-corrected chi connectivity index (χ3v) is 7.73. The second-order valence-corrected chi connectivity index (χ2v) is 10.6. The molecule has 9 nitrogen and oxygen atoms in total. The molecule has 7 rings (SSSR count). The van der Waals surface area contributed by atoms with E-state index in [2.05, 4.69) is 15.3 Å².